The Morgan fingerprint density at radius 2 is 1.90 bits per heavy atom. The molecular weight excluding hydrogens is 266 g/mol. The molecule has 0 aliphatic rings. The Hall–Kier alpha value is -1.39. The van der Waals surface area contributed by atoms with E-state index in [2.05, 4.69) is 57.0 Å². The lowest BCUT2D eigenvalue weighted by Gasteiger charge is -2.15. The van der Waals surface area contributed by atoms with Crippen LogP contribution in [0.2, 0.25) is 0 Å². The molecule has 0 aliphatic carbocycles. The molecule has 2 rings (SSSR count). The van der Waals surface area contributed by atoms with Crippen molar-refractivity contribution in [2.45, 2.75) is 39.8 Å². The van der Waals surface area contributed by atoms with Crippen molar-refractivity contribution >= 4 is 16.5 Å². The van der Waals surface area contributed by atoms with Gasteiger partial charge in [-0.25, -0.2) is 4.98 Å². The maximum absolute atomic E-state index is 5.82. The van der Waals surface area contributed by atoms with Gasteiger partial charge in [-0.3, -0.25) is 0 Å². The van der Waals surface area contributed by atoms with Crippen molar-refractivity contribution in [3.63, 3.8) is 0 Å². The van der Waals surface area contributed by atoms with E-state index in [9.17, 15) is 0 Å². The number of anilines is 1. The van der Waals surface area contributed by atoms with E-state index in [0.29, 0.717) is 12.5 Å². The number of aromatic nitrogens is 1. The van der Waals surface area contributed by atoms with Crippen LogP contribution < -0.4 is 10.6 Å². The highest BCUT2D eigenvalue weighted by Gasteiger charge is 2.15. The highest BCUT2D eigenvalue weighted by atomic mass is 32.1. The van der Waals surface area contributed by atoms with Crippen molar-refractivity contribution in [3.8, 4) is 0 Å². The molecule has 0 unspecified atom stereocenters. The van der Waals surface area contributed by atoms with E-state index in [1.165, 1.54) is 16.0 Å². The Morgan fingerprint density at radius 1 is 1.25 bits per heavy atom. The van der Waals surface area contributed by atoms with E-state index < -0.39 is 0 Å². The van der Waals surface area contributed by atoms with Crippen LogP contribution in [-0.2, 0) is 13.1 Å². The monoisotopic (exact) mass is 289 g/mol. The van der Waals surface area contributed by atoms with Crippen LogP contribution in [-0.4, -0.2) is 12.0 Å². The summed E-state index contributed by atoms with van der Waals surface area (Å²) in [5, 5.41) is 1.05. The number of benzene rings is 1. The van der Waals surface area contributed by atoms with Gasteiger partial charge in [0.15, 0.2) is 5.13 Å². The third kappa shape index (κ3) is 3.38. The van der Waals surface area contributed by atoms with Gasteiger partial charge in [0.1, 0.15) is 0 Å². The minimum atomic E-state index is 0.423. The molecule has 2 N–H and O–H groups in total. The van der Waals surface area contributed by atoms with Crippen LogP contribution in [0, 0.1) is 6.92 Å². The second-order valence-corrected chi connectivity index (χ2v) is 6.57. The van der Waals surface area contributed by atoms with Gasteiger partial charge in [-0.05, 0) is 18.4 Å². The highest BCUT2D eigenvalue weighted by Crippen LogP contribution is 2.30. The predicted molar refractivity (Wildman–Crippen MR) is 87.4 cm³/mol. The molecule has 1 aromatic carbocycles. The van der Waals surface area contributed by atoms with Gasteiger partial charge >= 0.3 is 0 Å². The first kappa shape index (κ1) is 15.0. The molecule has 3 nitrogen and oxygen atoms in total. The van der Waals surface area contributed by atoms with Gasteiger partial charge in [0.05, 0.1) is 5.69 Å². The van der Waals surface area contributed by atoms with Gasteiger partial charge in [0, 0.05) is 25.0 Å². The summed E-state index contributed by atoms with van der Waals surface area (Å²) in [6, 6.07) is 8.64. The van der Waals surface area contributed by atoms with Gasteiger partial charge in [-0.15, -0.1) is 11.3 Å². The molecule has 20 heavy (non-hydrogen) atoms. The smallest absolute Gasteiger partial charge is 0.185 e. The van der Waals surface area contributed by atoms with Gasteiger partial charge in [-0.2, -0.15) is 0 Å². The maximum Gasteiger partial charge on any atom is 0.185 e. The molecular formula is C16H23N3S. The SMILES string of the molecule is Cc1ccc(CN(C)c2nc(C(C)C)c(CN)s2)cc1. The second kappa shape index (κ2) is 6.37. The summed E-state index contributed by atoms with van der Waals surface area (Å²) in [6.45, 7) is 7.88. The molecule has 0 bridgehead atoms. The minimum Gasteiger partial charge on any atom is -0.347 e. The normalized spacial score (nSPS) is 11.1. The Labute approximate surface area is 125 Å². The first-order chi connectivity index (χ1) is 9.51. The Morgan fingerprint density at radius 3 is 2.40 bits per heavy atom. The van der Waals surface area contributed by atoms with Crippen molar-refractivity contribution < 1.29 is 0 Å². The van der Waals surface area contributed by atoms with E-state index in [0.717, 1.165) is 17.4 Å². The molecule has 0 amide bonds. The summed E-state index contributed by atoms with van der Waals surface area (Å²) in [7, 11) is 2.09. The first-order valence-electron chi connectivity index (χ1n) is 6.97. The van der Waals surface area contributed by atoms with Crippen molar-refractivity contribution in [1.29, 1.82) is 0 Å². The lowest BCUT2D eigenvalue weighted by molar-refractivity contribution is 0.805. The van der Waals surface area contributed by atoms with Crippen LogP contribution in [0.4, 0.5) is 5.13 Å². The van der Waals surface area contributed by atoms with E-state index in [4.69, 9.17) is 10.7 Å². The fourth-order valence-corrected chi connectivity index (χ4v) is 3.20. The molecule has 0 saturated carbocycles. The van der Waals surface area contributed by atoms with Crippen LogP contribution in [0.5, 0.6) is 0 Å². The number of hydrogen-bond donors (Lipinski definition) is 1. The highest BCUT2D eigenvalue weighted by molar-refractivity contribution is 7.15. The standard InChI is InChI=1S/C16H23N3S/c1-11(2)15-14(9-17)20-16(18-15)19(4)10-13-7-5-12(3)6-8-13/h5-8,11H,9-10,17H2,1-4H3. The number of aryl methyl sites for hydroxylation is 1. The summed E-state index contributed by atoms with van der Waals surface area (Å²) in [6.07, 6.45) is 0. The van der Waals surface area contributed by atoms with Gasteiger partial charge in [0.25, 0.3) is 0 Å². The zero-order valence-corrected chi connectivity index (χ0v) is 13.5. The lowest BCUT2D eigenvalue weighted by Crippen LogP contribution is -2.16. The Kier molecular flexibility index (Phi) is 4.78. The summed E-state index contributed by atoms with van der Waals surface area (Å²) in [5.41, 5.74) is 9.55. The number of nitrogens with zero attached hydrogens (tertiary/aromatic N) is 2. The lowest BCUT2D eigenvalue weighted by atomic mass is 10.1. The van der Waals surface area contributed by atoms with Crippen molar-refractivity contribution in [2.24, 2.45) is 5.73 Å². The molecule has 2 aromatic rings. The van der Waals surface area contributed by atoms with Crippen molar-refractivity contribution in [3.05, 3.63) is 46.0 Å². The average Bonchev–Trinajstić information content (AvgIpc) is 2.86. The summed E-state index contributed by atoms with van der Waals surface area (Å²) < 4.78 is 0. The molecule has 1 heterocycles. The van der Waals surface area contributed by atoms with Crippen molar-refractivity contribution in [2.75, 3.05) is 11.9 Å². The number of nitrogens with two attached hydrogens (primary N) is 1. The number of hydrogen-bond acceptors (Lipinski definition) is 4. The topological polar surface area (TPSA) is 42.2 Å². The molecule has 0 fully saturated rings. The van der Waals surface area contributed by atoms with Crippen LogP contribution in [0.25, 0.3) is 0 Å². The molecule has 0 spiro atoms. The Balaban J connectivity index is 2.16. The molecule has 1 aromatic heterocycles. The molecule has 0 atom stereocenters. The number of rotatable bonds is 5. The van der Waals surface area contributed by atoms with Crippen LogP contribution >= 0.6 is 11.3 Å². The Bertz CT molecular complexity index is 558. The largest absolute Gasteiger partial charge is 0.347 e. The maximum atomic E-state index is 5.82. The molecule has 4 heteroatoms. The van der Waals surface area contributed by atoms with E-state index >= 15 is 0 Å². The zero-order chi connectivity index (χ0) is 14.7. The summed E-state index contributed by atoms with van der Waals surface area (Å²) in [4.78, 5) is 8.15. The first-order valence-corrected chi connectivity index (χ1v) is 7.79. The fraction of sp³-hybridized carbons (Fsp3) is 0.438. The number of thiazole rings is 1. The zero-order valence-electron chi connectivity index (χ0n) is 12.7. The third-order valence-electron chi connectivity index (χ3n) is 3.32. The van der Waals surface area contributed by atoms with Crippen LogP contribution in [0.1, 0.15) is 41.5 Å². The average molecular weight is 289 g/mol. The third-order valence-corrected chi connectivity index (χ3v) is 4.52. The molecule has 0 aliphatic heterocycles. The van der Waals surface area contributed by atoms with E-state index in [1.807, 2.05) is 0 Å². The van der Waals surface area contributed by atoms with E-state index in [1.54, 1.807) is 11.3 Å². The van der Waals surface area contributed by atoms with Gasteiger partial charge < -0.3 is 10.6 Å². The van der Waals surface area contributed by atoms with E-state index in [-0.39, 0.29) is 0 Å². The second-order valence-electron chi connectivity index (χ2n) is 5.51. The fourth-order valence-electron chi connectivity index (χ4n) is 2.15. The molecule has 0 radical (unpaired) electrons. The summed E-state index contributed by atoms with van der Waals surface area (Å²) >= 11 is 1.71. The van der Waals surface area contributed by atoms with Gasteiger partial charge in [-0.1, -0.05) is 43.7 Å². The van der Waals surface area contributed by atoms with Crippen molar-refractivity contribution in [1.82, 2.24) is 4.98 Å². The van der Waals surface area contributed by atoms with Crippen LogP contribution in [0.15, 0.2) is 24.3 Å². The van der Waals surface area contributed by atoms with Gasteiger partial charge in [0.2, 0.25) is 0 Å². The van der Waals surface area contributed by atoms with Crippen LogP contribution in [0.3, 0.4) is 0 Å². The molecule has 108 valence electrons. The quantitative estimate of drug-likeness (QED) is 0.913. The minimum absolute atomic E-state index is 0.423. The summed E-state index contributed by atoms with van der Waals surface area (Å²) in [5.74, 6) is 0.423. The predicted octanol–water partition coefficient (Wildman–Crippen LogP) is 3.67. The molecule has 0 saturated heterocycles.